The molecular weight excluding hydrogens is 276 g/mol. The Balaban J connectivity index is 2.36. The van der Waals surface area contributed by atoms with Crippen LogP contribution in [0.3, 0.4) is 0 Å². The fourth-order valence-electron chi connectivity index (χ4n) is 2.33. The van der Waals surface area contributed by atoms with E-state index in [1.54, 1.807) is 12.1 Å². The highest BCUT2D eigenvalue weighted by molar-refractivity contribution is 5.97. The summed E-state index contributed by atoms with van der Waals surface area (Å²) in [6.45, 7) is 2.16. The molecule has 2 rings (SSSR count). The van der Waals surface area contributed by atoms with E-state index in [1.165, 1.54) is 12.7 Å². The van der Waals surface area contributed by atoms with E-state index < -0.39 is 5.91 Å². The highest BCUT2D eigenvalue weighted by atomic mass is 16.5. The first-order valence-electron chi connectivity index (χ1n) is 7.18. The smallest absolute Gasteiger partial charge is 0.252 e. The zero-order chi connectivity index (χ0) is 16.3. The van der Waals surface area contributed by atoms with Crippen molar-refractivity contribution in [3.05, 3.63) is 53.6 Å². The summed E-state index contributed by atoms with van der Waals surface area (Å²) in [5.74, 6) is 0.00523. The zero-order valence-corrected chi connectivity index (χ0v) is 13.5. The maximum absolute atomic E-state index is 11.5. The molecule has 0 unspecified atom stereocenters. The van der Waals surface area contributed by atoms with Crippen LogP contribution in [-0.2, 0) is 0 Å². The van der Waals surface area contributed by atoms with Gasteiger partial charge in [-0.15, -0.1) is 0 Å². The lowest BCUT2D eigenvalue weighted by Crippen LogP contribution is -2.16. The van der Waals surface area contributed by atoms with Crippen molar-refractivity contribution in [1.29, 1.82) is 0 Å². The summed E-state index contributed by atoms with van der Waals surface area (Å²) < 4.78 is 5.17. The lowest BCUT2D eigenvalue weighted by molar-refractivity contribution is 0.0997. The van der Waals surface area contributed by atoms with Crippen molar-refractivity contribution in [2.45, 2.75) is 13.0 Å². The van der Waals surface area contributed by atoms with Gasteiger partial charge < -0.3 is 15.4 Å². The van der Waals surface area contributed by atoms with Gasteiger partial charge in [-0.05, 0) is 49.8 Å². The quantitative estimate of drug-likeness (QED) is 0.923. The Kier molecular flexibility index (Phi) is 4.83. The summed E-state index contributed by atoms with van der Waals surface area (Å²) in [6.07, 6.45) is 0. The van der Waals surface area contributed by atoms with Crippen molar-refractivity contribution in [1.82, 2.24) is 4.90 Å². The van der Waals surface area contributed by atoms with Crippen molar-refractivity contribution in [2.75, 3.05) is 21.2 Å². The Morgan fingerprint density at radius 2 is 1.68 bits per heavy atom. The second kappa shape index (κ2) is 6.62. The van der Waals surface area contributed by atoms with Crippen LogP contribution >= 0.6 is 0 Å². The number of methoxy groups -OCH3 is 1. The van der Waals surface area contributed by atoms with Crippen LogP contribution < -0.4 is 10.5 Å². The number of nitrogens with two attached hydrogens (primary N) is 1. The maximum atomic E-state index is 11.5. The minimum atomic E-state index is -0.489. The normalized spacial score (nSPS) is 12.2. The average molecular weight is 298 g/mol. The van der Waals surface area contributed by atoms with E-state index in [4.69, 9.17) is 10.5 Å². The highest BCUT2D eigenvalue weighted by Gasteiger charge is 2.12. The van der Waals surface area contributed by atoms with Crippen molar-refractivity contribution in [3.8, 4) is 16.9 Å². The van der Waals surface area contributed by atoms with Gasteiger partial charge in [0.2, 0.25) is 0 Å². The largest absolute Gasteiger partial charge is 0.496 e. The van der Waals surface area contributed by atoms with Gasteiger partial charge in [0.05, 0.1) is 12.7 Å². The van der Waals surface area contributed by atoms with E-state index in [1.807, 2.05) is 6.07 Å². The van der Waals surface area contributed by atoms with Crippen molar-refractivity contribution in [3.63, 3.8) is 0 Å². The van der Waals surface area contributed by atoms with Crippen molar-refractivity contribution < 1.29 is 9.53 Å². The van der Waals surface area contributed by atoms with Crippen LogP contribution in [0.5, 0.6) is 5.75 Å². The number of ether oxygens (including phenoxy) is 1. The van der Waals surface area contributed by atoms with E-state index in [0.717, 1.165) is 11.1 Å². The molecule has 4 heteroatoms. The predicted molar refractivity (Wildman–Crippen MR) is 89.0 cm³/mol. The molecule has 2 aromatic carbocycles. The molecule has 0 aromatic heterocycles. The SMILES string of the molecule is COc1ccc(-c2ccc([C@H](C)N(C)C)cc2)cc1C(N)=O. The summed E-state index contributed by atoms with van der Waals surface area (Å²) >= 11 is 0. The molecular formula is C18H22N2O2. The third-order valence-electron chi connectivity index (χ3n) is 3.97. The van der Waals surface area contributed by atoms with Gasteiger partial charge in [-0.3, -0.25) is 4.79 Å². The number of carbonyl (C=O) groups excluding carboxylic acids is 1. The van der Waals surface area contributed by atoms with Crippen LogP contribution in [0.2, 0.25) is 0 Å². The Hall–Kier alpha value is -2.33. The highest BCUT2D eigenvalue weighted by Crippen LogP contribution is 2.28. The van der Waals surface area contributed by atoms with Crippen LogP contribution in [0.25, 0.3) is 11.1 Å². The van der Waals surface area contributed by atoms with Gasteiger partial charge in [-0.25, -0.2) is 0 Å². The molecule has 1 amide bonds. The fourth-order valence-corrected chi connectivity index (χ4v) is 2.33. The van der Waals surface area contributed by atoms with Gasteiger partial charge in [-0.1, -0.05) is 30.3 Å². The molecule has 0 heterocycles. The van der Waals surface area contributed by atoms with E-state index in [9.17, 15) is 4.79 Å². The topological polar surface area (TPSA) is 55.6 Å². The second-order valence-corrected chi connectivity index (χ2v) is 5.54. The van der Waals surface area contributed by atoms with E-state index in [0.29, 0.717) is 17.4 Å². The number of nitrogens with zero attached hydrogens (tertiary/aromatic N) is 1. The summed E-state index contributed by atoms with van der Waals surface area (Å²) in [5.41, 5.74) is 9.04. The summed E-state index contributed by atoms with van der Waals surface area (Å²) in [6, 6.07) is 14.1. The first kappa shape index (κ1) is 16.0. The third kappa shape index (κ3) is 3.28. The van der Waals surface area contributed by atoms with Crippen LogP contribution in [0.4, 0.5) is 0 Å². The molecule has 0 aliphatic rings. The minimum absolute atomic E-state index is 0.353. The molecule has 1 atom stereocenters. The standard InChI is InChI=1S/C18H22N2O2/c1-12(20(2)3)13-5-7-14(8-6-13)15-9-10-17(22-4)16(11-15)18(19)21/h5-12H,1-4H3,(H2,19,21)/t12-/m0/s1. The molecule has 2 N–H and O–H groups in total. The number of hydrogen-bond acceptors (Lipinski definition) is 3. The number of benzene rings is 2. The number of rotatable bonds is 5. The van der Waals surface area contributed by atoms with Gasteiger partial charge >= 0.3 is 0 Å². The first-order valence-corrected chi connectivity index (χ1v) is 7.18. The molecule has 0 fully saturated rings. The average Bonchev–Trinajstić information content (AvgIpc) is 2.53. The van der Waals surface area contributed by atoms with E-state index in [2.05, 4.69) is 50.2 Å². The molecule has 0 spiro atoms. The zero-order valence-electron chi connectivity index (χ0n) is 13.5. The monoisotopic (exact) mass is 298 g/mol. The van der Waals surface area contributed by atoms with Crippen LogP contribution in [0.1, 0.15) is 28.9 Å². The fraction of sp³-hybridized carbons (Fsp3) is 0.278. The molecule has 0 aliphatic heterocycles. The number of hydrogen-bond donors (Lipinski definition) is 1. The van der Waals surface area contributed by atoms with Crippen LogP contribution in [0, 0.1) is 0 Å². The minimum Gasteiger partial charge on any atom is -0.496 e. The molecule has 0 saturated heterocycles. The number of primary amides is 1. The number of amides is 1. The van der Waals surface area contributed by atoms with E-state index >= 15 is 0 Å². The summed E-state index contributed by atoms with van der Waals surface area (Å²) in [4.78, 5) is 13.7. The third-order valence-corrected chi connectivity index (χ3v) is 3.97. The van der Waals surface area contributed by atoms with Gasteiger partial charge in [0.15, 0.2) is 0 Å². The maximum Gasteiger partial charge on any atom is 0.252 e. The van der Waals surface area contributed by atoms with Crippen molar-refractivity contribution in [2.24, 2.45) is 5.73 Å². The number of carbonyl (C=O) groups is 1. The molecule has 0 saturated carbocycles. The van der Waals surface area contributed by atoms with E-state index in [-0.39, 0.29) is 0 Å². The molecule has 0 aliphatic carbocycles. The molecule has 0 bridgehead atoms. The summed E-state index contributed by atoms with van der Waals surface area (Å²) in [7, 11) is 5.64. The molecule has 0 radical (unpaired) electrons. The lowest BCUT2D eigenvalue weighted by atomic mass is 9.99. The Bertz CT molecular complexity index is 663. The van der Waals surface area contributed by atoms with Gasteiger partial charge in [0.25, 0.3) is 5.91 Å². The Morgan fingerprint density at radius 3 is 2.18 bits per heavy atom. The predicted octanol–water partition coefficient (Wildman–Crippen LogP) is 3.08. The second-order valence-electron chi connectivity index (χ2n) is 5.54. The molecule has 116 valence electrons. The van der Waals surface area contributed by atoms with Crippen LogP contribution in [0.15, 0.2) is 42.5 Å². The van der Waals surface area contributed by atoms with Crippen LogP contribution in [-0.4, -0.2) is 32.0 Å². The van der Waals surface area contributed by atoms with Gasteiger partial charge in [0.1, 0.15) is 5.75 Å². The molecule has 2 aromatic rings. The lowest BCUT2D eigenvalue weighted by Gasteiger charge is -2.20. The first-order chi connectivity index (χ1) is 10.4. The summed E-state index contributed by atoms with van der Waals surface area (Å²) in [5, 5.41) is 0. The molecule has 22 heavy (non-hydrogen) atoms. The van der Waals surface area contributed by atoms with Gasteiger partial charge in [0, 0.05) is 6.04 Å². The van der Waals surface area contributed by atoms with Gasteiger partial charge in [-0.2, -0.15) is 0 Å². The van der Waals surface area contributed by atoms with Crippen molar-refractivity contribution >= 4 is 5.91 Å². The Morgan fingerprint density at radius 1 is 1.09 bits per heavy atom. The molecule has 4 nitrogen and oxygen atoms in total. The Labute approximate surface area is 131 Å².